The van der Waals surface area contributed by atoms with Crippen molar-refractivity contribution in [3.05, 3.63) is 47.7 Å². The highest BCUT2D eigenvalue weighted by atomic mass is 19.4. The van der Waals surface area contributed by atoms with Crippen molar-refractivity contribution in [2.24, 2.45) is 5.41 Å². The second-order valence-electron chi connectivity index (χ2n) is 15.2. The Morgan fingerprint density at radius 2 is 1.67 bits per heavy atom. The largest absolute Gasteiger partial charge is 0.573 e. The summed E-state index contributed by atoms with van der Waals surface area (Å²) in [7, 11) is 0. The Balaban J connectivity index is 1.09. The van der Waals surface area contributed by atoms with E-state index < -0.39 is 36.2 Å². The molecule has 3 atom stereocenters. The van der Waals surface area contributed by atoms with Gasteiger partial charge in [-0.25, -0.2) is 13.8 Å². The molecular weight excluding hydrogens is 728 g/mol. The first kappa shape index (κ1) is 35.6. The first-order valence-electron chi connectivity index (χ1n) is 18.2. The van der Waals surface area contributed by atoms with E-state index >= 15 is 8.78 Å². The summed E-state index contributed by atoms with van der Waals surface area (Å²) >= 11 is 0. The lowest BCUT2D eigenvalue weighted by Crippen LogP contribution is -2.58. The van der Waals surface area contributed by atoms with Crippen LogP contribution in [0.5, 0.6) is 11.8 Å². The van der Waals surface area contributed by atoms with Gasteiger partial charge >= 0.3 is 18.7 Å². The second-order valence-corrected chi connectivity index (χ2v) is 15.2. The van der Waals surface area contributed by atoms with Gasteiger partial charge in [0.2, 0.25) is 0 Å². The molecule has 3 saturated heterocycles. The Hall–Kier alpha value is -4.09. The molecule has 9 rings (SSSR count). The zero-order valence-electron chi connectivity index (χ0n) is 28.9. The summed E-state index contributed by atoms with van der Waals surface area (Å²) in [4.78, 5) is 18.5. The number of hydrogen-bond acceptors (Lipinski definition) is 9. The number of pyridine rings is 1. The smallest absolute Gasteiger partial charge is 0.463 e. The zero-order chi connectivity index (χ0) is 37.6. The summed E-state index contributed by atoms with van der Waals surface area (Å²) in [5.74, 6) is -2.79. The van der Waals surface area contributed by atoms with E-state index in [4.69, 9.17) is 14.7 Å². The molecule has 4 fully saturated rings. The van der Waals surface area contributed by atoms with Gasteiger partial charge in [-0.3, -0.25) is 4.74 Å². The van der Waals surface area contributed by atoms with Crippen LogP contribution in [0.4, 0.5) is 40.9 Å². The molecule has 288 valence electrons. The number of benzene rings is 2. The van der Waals surface area contributed by atoms with E-state index in [1.807, 2.05) is 0 Å². The zero-order valence-corrected chi connectivity index (χ0v) is 28.9. The molecular formula is C37H36F8N6O3. The maximum absolute atomic E-state index is 17.1. The van der Waals surface area contributed by atoms with E-state index in [1.54, 1.807) is 0 Å². The third-order valence-corrected chi connectivity index (χ3v) is 11.6. The summed E-state index contributed by atoms with van der Waals surface area (Å²) in [6.45, 7) is 2.31. The summed E-state index contributed by atoms with van der Waals surface area (Å²) < 4.78 is 126. The van der Waals surface area contributed by atoms with Crippen LogP contribution in [0.2, 0.25) is 0 Å². The number of nitrogens with zero attached hydrogens (tertiary/aromatic N) is 5. The number of halogens is 8. The fourth-order valence-electron chi connectivity index (χ4n) is 8.93. The molecule has 1 N–H and O–H groups in total. The molecule has 1 saturated carbocycles. The van der Waals surface area contributed by atoms with Crippen molar-refractivity contribution in [2.75, 3.05) is 37.7 Å². The SMILES string of the molecule is Fc1ccc2cccc(-c3nc4c5c(nc(OCC6(CN7CCC(OC(F)(F)F)CC7)CC6)nc5c3F)N3C[C@H]5CC[C@H](N5)[C@H]3CC4)c2c1OC(F)(F)F. The van der Waals surface area contributed by atoms with Crippen LogP contribution in [-0.4, -0.2) is 89.6 Å². The Labute approximate surface area is 304 Å². The molecule has 9 nitrogen and oxygen atoms in total. The molecule has 6 heterocycles. The Morgan fingerprint density at radius 1 is 0.870 bits per heavy atom. The van der Waals surface area contributed by atoms with Gasteiger partial charge in [-0.1, -0.05) is 24.3 Å². The lowest BCUT2D eigenvalue weighted by molar-refractivity contribution is -0.345. The van der Waals surface area contributed by atoms with Crippen LogP contribution in [0.25, 0.3) is 32.9 Å². The van der Waals surface area contributed by atoms with Gasteiger partial charge in [0.05, 0.1) is 23.8 Å². The van der Waals surface area contributed by atoms with Gasteiger partial charge in [-0.15, -0.1) is 26.3 Å². The Morgan fingerprint density at radius 3 is 2.41 bits per heavy atom. The topological polar surface area (TPSA) is 84.9 Å². The number of piperazine rings is 1. The molecule has 2 bridgehead atoms. The quantitative estimate of drug-likeness (QED) is 0.184. The third-order valence-electron chi connectivity index (χ3n) is 11.6. The van der Waals surface area contributed by atoms with E-state index in [2.05, 4.69) is 29.6 Å². The second kappa shape index (κ2) is 13.0. The minimum absolute atomic E-state index is 0.00729. The average molecular weight is 765 g/mol. The van der Waals surface area contributed by atoms with Crippen molar-refractivity contribution in [2.45, 2.75) is 88.3 Å². The average Bonchev–Trinajstić information content (AvgIpc) is 3.81. The third kappa shape index (κ3) is 6.76. The summed E-state index contributed by atoms with van der Waals surface area (Å²) in [5, 5.41) is 3.99. The predicted molar refractivity (Wildman–Crippen MR) is 180 cm³/mol. The van der Waals surface area contributed by atoms with Crippen LogP contribution in [-0.2, 0) is 11.2 Å². The fraction of sp³-hybridized carbons (Fsp3) is 0.541. The summed E-state index contributed by atoms with van der Waals surface area (Å²) in [6, 6.07) is 6.86. The minimum Gasteiger partial charge on any atom is -0.463 e. The van der Waals surface area contributed by atoms with Gasteiger partial charge in [0, 0.05) is 60.7 Å². The highest BCUT2D eigenvalue weighted by Gasteiger charge is 2.47. The number of alkyl halides is 6. The monoisotopic (exact) mass is 764 g/mol. The number of ether oxygens (including phenoxy) is 3. The number of anilines is 1. The first-order valence-corrected chi connectivity index (χ1v) is 18.2. The Kier molecular flexibility index (Phi) is 8.57. The normalized spacial score (nSPS) is 24.1. The molecule has 0 amide bonds. The number of nitrogens with one attached hydrogen (secondary N) is 1. The van der Waals surface area contributed by atoms with E-state index in [0.717, 1.165) is 31.7 Å². The van der Waals surface area contributed by atoms with Gasteiger partial charge in [0.15, 0.2) is 17.4 Å². The molecule has 17 heteroatoms. The number of piperidine rings is 1. The van der Waals surface area contributed by atoms with E-state index in [0.29, 0.717) is 55.9 Å². The van der Waals surface area contributed by atoms with E-state index in [-0.39, 0.29) is 76.5 Å². The van der Waals surface area contributed by atoms with Crippen molar-refractivity contribution in [1.82, 2.24) is 25.2 Å². The van der Waals surface area contributed by atoms with E-state index in [9.17, 15) is 26.3 Å². The number of fused-ring (bicyclic) bond motifs is 6. The van der Waals surface area contributed by atoms with Gasteiger partial charge in [0.1, 0.15) is 17.0 Å². The molecule has 0 radical (unpaired) electrons. The molecule has 5 aliphatic rings. The number of aryl methyl sites for hydroxylation is 1. The number of rotatable bonds is 8. The van der Waals surface area contributed by atoms with Gasteiger partial charge < -0.3 is 24.6 Å². The number of aromatic nitrogens is 3. The van der Waals surface area contributed by atoms with Crippen molar-refractivity contribution in [3.63, 3.8) is 0 Å². The van der Waals surface area contributed by atoms with Crippen LogP contribution >= 0.6 is 0 Å². The lowest BCUT2D eigenvalue weighted by atomic mass is 9.98. The molecule has 2 aromatic carbocycles. The van der Waals surface area contributed by atoms with Crippen molar-refractivity contribution < 1.29 is 49.3 Å². The standard InChI is InChI=1S/C37H36F8N6O3/c38-23-6-4-19-2-1-3-22(27(19)32(23)54-37(43,44)45)30-29(39)31-28-25(47-30)8-9-26-24-7-5-20(46-24)16-51(26)33(28)49-34(48-31)52-18-35(12-13-35)17-50-14-10-21(11-15-50)53-36(40,41)42/h1-4,6,20-21,24,26,46H,5,7-18H2/t20-,24+,26-/m1/s1. The van der Waals surface area contributed by atoms with Gasteiger partial charge in [-0.2, -0.15) is 9.97 Å². The fourth-order valence-corrected chi connectivity index (χ4v) is 8.93. The Bertz CT molecular complexity index is 2100. The van der Waals surface area contributed by atoms with Crippen LogP contribution in [0, 0.1) is 17.0 Å². The van der Waals surface area contributed by atoms with Crippen LogP contribution in [0.15, 0.2) is 30.3 Å². The predicted octanol–water partition coefficient (Wildman–Crippen LogP) is 7.44. The lowest BCUT2D eigenvalue weighted by Gasteiger charge is -2.41. The van der Waals surface area contributed by atoms with Crippen molar-refractivity contribution in [3.8, 4) is 23.0 Å². The molecule has 0 unspecified atom stereocenters. The van der Waals surface area contributed by atoms with Gasteiger partial charge in [0.25, 0.3) is 0 Å². The first-order chi connectivity index (χ1) is 25.7. The molecule has 4 aromatic rings. The molecule has 54 heavy (non-hydrogen) atoms. The minimum atomic E-state index is -5.22. The molecule has 4 aliphatic heterocycles. The van der Waals surface area contributed by atoms with Crippen molar-refractivity contribution >= 4 is 27.5 Å². The summed E-state index contributed by atoms with van der Waals surface area (Å²) in [6.07, 6.45) is -5.62. The van der Waals surface area contributed by atoms with Gasteiger partial charge in [-0.05, 0) is 62.8 Å². The number of likely N-dealkylation sites (tertiary alicyclic amines) is 1. The van der Waals surface area contributed by atoms with Crippen LogP contribution in [0.1, 0.15) is 50.6 Å². The maximum atomic E-state index is 17.1. The van der Waals surface area contributed by atoms with Crippen LogP contribution in [0.3, 0.4) is 0 Å². The molecule has 0 spiro atoms. The molecule has 2 aromatic heterocycles. The molecule has 1 aliphatic carbocycles. The summed E-state index contributed by atoms with van der Waals surface area (Å²) in [5.41, 5.74) is -0.308. The maximum Gasteiger partial charge on any atom is 0.573 e. The van der Waals surface area contributed by atoms with Crippen molar-refractivity contribution in [1.29, 1.82) is 0 Å². The highest BCUT2D eigenvalue weighted by molar-refractivity contribution is 6.03. The van der Waals surface area contributed by atoms with Crippen LogP contribution < -0.4 is 19.7 Å². The number of hydrogen-bond donors (Lipinski definition) is 1. The van der Waals surface area contributed by atoms with E-state index in [1.165, 1.54) is 24.3 Å². The highest BCUT2D eigenvalue weighted by Crippen LogP contribution is 2.48.